The van der Waals surface area contributed by atoms with Crippen LogP contribution in [0.1, 0.15) is 53.2 Å². The van der Waals surface area contributed by atoms with Crippen LogP contribution in [0.15, 0.2) is 6.07 Å². The maximum Gasteiger partial charge on any atom is 0.220 e. The highest BCUT2D eigenvalue weighted by atomic mass is 32.1. The summed E-state index contributed by atoms with van der Waals surface area (Å²) in [6.07, 6.45) is 0.967. The smallest absolute Gasteiger partial charge is 0.220 e. The summed E-state index contributed by atoms with van der Waals surface area (Å²) in [5.74, 6) is 0.161. The number of aliphatic hydroxyl groups is 1. The molecule has 1 amide bonds. The molecule has 0 aliphatic rings. The lowest BCUT2D eigenvalue weighted by Crippen LogP contribution is -2.39. The average Bonchev–Trinajstić information content (AvgIpc) is 2.74. The quantitative estimate of drug-likeness (QED) is 0.726. The fourth-order valence-corrected chi connectivity index (χ4v) is 3.20. The number of rotatable bonds is 8. The Bertz CT molecular complexity index is 494. The third kappa shape index (κ3) is 5.59. The lowest BCUT2D eigenvalue weighted by molar-refractivity contribution is -0.122. The Morgan fingerprint density at radius 3 is 2.43 bits per heavy atom. The van der Waals surface area contributed by atoms with Crippen molar-refractivity contribution in [2.75, 3.05) is 6.61 Å². The molecule has 1 aromatic heterocycles. The summed E-state index contributed by atoms with van der Waals surface area (Å²) in [4.78, 5) is 26.2. The standard InChI is InChI=1S/C16H25NO3S/c1-10(2)14(7-8-18)17-16(20)6-5-15(19)13-9-11(3)21-12(13)4/h9-10,14,18H,5-8H2,1-4H3,(H,17,20). The zero-order valence-corrected chi connectivity index (χ0v) is 14.0. The van der Waals surface area contributed by atoms with E-state index in [0.717, 1.165) is 15.3 Å². The molecule has 2 N–H and O–H groups in total. The first-order valence-electron chi connectivity index (χ1n) is 7.35. The van der Waals surface area contributed by atoms with E-state index in [1.165, 1.54) is 0 Å². The lowest BCUT2D eigenvalue weighted by Gasteiger charge is -2.21. The van der Waals surface area contributed by atoms with Gasteiger partial charge in [0.25, 0.3) is 0 Å². The Hall–Kier alpha value is -1.20. The van der Waals surface area contributed by atoms with E-state index in [-0.39, 0.29) is 43.1 Å². The molecule has 1 atom stereocenters. The molecule has 0 spiro atoms. The minimum absolute atomic E-state index is 0.0234. The van der Waals surface area contributed by atoms with Crippen LogP contribution in [0.4, 0.5) is 0 Å². The number of hydrogen-bond acceptors (Lipinski definition) is 4. The van der Waals surface area contributed by atoms with Crippen LogP contribution in [-0.2, 0) is 4.79 Å². The summed E-state index contributed by atoms with van der Waals surface area (Å²) in [5, 5.41) is 11.9. The lowest BCUT2D eigenvalue weighted by atomic mass is 10.0. The van der Waals surface area contributed by atoms with E-state index >= 15 is 0 Å². The molecule has 4 nitrogen and oxygen atoms in total. The zero-order valence-electron chi connectivity index (χ0n) is 13.2. The number of nitrogens with one attached hydrogen (secondary N) is 1. The third-order valence-corrected chi connectivity index (χ3v) is 4.48. The molecule has 0 aliphatic carbocycles. The van der Waals surface area contributed by atoms with Gasteiger partial charge in [-0.3, -0.25) is 9.59 Å². The fourth-order valence-electron chi connectivity index (χ4n) is 2.26. The number of aryl methyl sites for hydroxylation is 2. The predicted octanol–water partition coefficient (Wildman–Crippen LogP) is 2.85. The van der Waals surface area contributed by atoms with Crippen molar-refractivity contribution in [2.45, 2.75) is 53.0 Å². The first-order chi connectivity index (χ1) is 9.85. The van der Waals surface area contributed by atoms with Gasteiger partial charge in [-0.05, 0) is 32.3 Å². The summed E-state index contributed by atoms with van der Waals surface area (Å²) in [6.45, 7) is 7.96. The van der Waals surface area contributed by atoms with Gasteiger partial charge < -0.3 is 10.4 Å². The SMILES string of the molecule is Cc1cc(C(=O)CCC(=O)NC(CCO)C(C)C)c(C)s1. The predicted molar refractivity (Wildman–Crippen MR) is 85.8 cm³/mol. The van der Waals surface area contributed by atoms with Crippen molar-refractivity contribution in [3.8, 4) is 0 Å². The second-order valence-corrected chi connectivity index (χ2v) is 7.14. The highest BCUT2D eigenvalue weighted by molar-refractivity contribution is 7.12. The number of Topliss-reactive ketones (excluding diaryl/α,β-unsaturated/α-hetero) is 1. The highest BCUT2D eigenvalue weighted by Gasteiger charge is 2.17. The van der Waals surface area contributed by atoms with Crippen LogP contribution in [-0.4, -0.2) is 29.4 Å². The van der Waals surface area contributed by atoms with E-state index in [9.17, 15) is 9.59 Å². The van der Waals surface area contributed by atoms with Crippen LogP contribution >= 0.6 is 11.3 Å². The van der Waals surface area contributed by atoms with Crippen LogP contribution in [0.2, 0.25) is 0 Å². The molecule has 0 aliphatic heterocycles. The number of hydrogen-bond donors (Lipinski definition) is 2. The van der Waals surface area contributed by atoms with Crippen molar-refractivity contribution in [1.82, 2.24) is 5.32 Å². The zero-order chi connectivity index (χ0) is 16.0. The monoisotopic (exact) mass is 311 g/mol. The van der Waals surface area contributed by atoms with Gasteiger partial charge in [0, 0.05) is 40.8 Å². The van der Waals surface area contributed by atoms with E-state index in [1.54, 1.807) is 11.3 Å². The van der Waals surface area contributed by atoms with Crippen LogP contribution in [0, 0.1) is 19.8 Å². The van der Waals surface area contributed by atoms with Crippen molar-refractivity contribution in [3.05, 3.63) is 21.4 Å². The van der Waals surface area contributed by atoms with Gasteiger partial charge >= 0.3 is 0 Å². The van der Waals surface area contributed by atoms with Gasteiger partial charge in [0.2, 0.25) is 5.91 Å². The van der Waals surface area contributed by atoms with Gasteiger partial charge in [-0.1, -0.05) is 13.8 Å². The van der Waals surface area contributed by atoms with Crippen LogP contribution < -0.4 is 5.32 Å². The first kappa shape index (κ1) is 17.9. The second-order valence-electron chi connectivity index (χ2n) is 5.68. The molecule has 0 radical (unpaired) electrons. The van der Waals surface area contributed by atoms with E-state index < -0.39 is 0 Å². The van der Waals surface area contributed by atoms with E-state index in [2.05, 4.69) is 5.32 Å². The third-order valence-electron chi connectivity index (χ3n) is 3.51. The second kappa shape index (κ2) is 8.29. The molecule has 0 saturated heterocycles. The molecule has 0 aromatic carbocycles. The van der Waals surface area contributed by atoms with Crippen LogP contribution in [0.3, 0.4) is 0 Å². The van der Waals surface area contributed by atoms with Gasteiger partial charge in [0.05, 0.1) is 0 Å². The Morgan fingerprint density at radius 1 is 1.29 bits per heavy atom. The molecule has 0 fully saturated rings. The van der Waals surface area contributed by atoms with Crippen molar-refractivity contribution < 1.29 is 14.7 Å². The Balaban J connectivity index is 2.49. The molecular formula is C16H25NO3S. The average molecular weight is 311 g/mol. The summed E-state index contributed by atoms with van der Waals surface area (Å²) >= 11 is 1.60. The fraction of sp³-hybridized carbons (Fsp3) is 0.625. The van der Waals surface area contributed by atoms with E-state index in [1.807, 2.05) is 33.8 Å². The number of aliphatic hydroxyl groups excluding tert-OH is 1. The molecular weight excluding hydrogens is 286 g/mol. The van der Waals surface area contributed by atoms with Gasteiger partial charge in [0.1, 0.15) is 0 Å². The number of amides is 1. The minimum Gasteiger partial charge on any atom is -0.396 e. The summed E-state index contributed by atoms with van der Waals surface area (Å²) < 4.78 is 0. The Kier molecular flexibility index (Phi) is 7.05. The number of carbonyl (C=O) groups is 2. The highest BCUT2D eigenvalue weighted by Crippen LogP contribution is 2.22. The molecule has 1 unspecified atom stereocenters. The summed E-state index contributed by atoms with van der Waals surface area (Å²) in [6, 6.07) is 1.85. The van der Waals surface area contributed by atoms with E-state index in [4.69, 9.17) is 5.11 Å². The Labute approximate surface area is 130 Å². The van der Waals surface area contributed by atoms with Gasteiger partial charge in [-0.2, -0.15) is 0 Å². The molecule has 1 heterocycles. The van der Waals surface area contributed by atoms with Crippen molar-refractivity contribution in [3.63, 3.8) is 0 Å². The Morgan fingerprint density at radius 2 is 1.95 bits per heavy atom. The molecule has 118 valence electrons. The number of ketones is 1. The van der Waals surface area contributed by atoms with Crippen LogP contribution in [0.25, 0.3) is 0 Å². The topological polar surface area (TPSA) is 66.4 Å². The van der Waals surface area contributed by atoms with Crippen LogP contribution in [0.5, 0.6) is 0 Å². The molecule has 5 heteroatoms. The normalized spacial score (nSPS) is 12.5. The minimum atomic E-state index is -0.125. The van der Waals surface area contributed by atoms with Crippen molar-refractivity contribution in [2.24, 2.45) is 5.92 Å². The summed E-state index contributed by atoms with van der Waals surface area (Å²) in [7, 11) is 0. The number of thiophene rings is 1. The van der Waals surface area contributed by atoms with Gasteiger partial charge in [0.15, 0.2) is 5.78 Å². The van der Waals surface area contributed by atoms with Gasteiger partial charge in [-0.15, -0.1) is 11.3 Å². The maximum absolute atomic E-state index is 12.1. The number of carbonyl (C=O) groups excluding carboxylic acids is 2. The largest absolute Gasteiger partial charge is 0.396 e. The molecule has 1 aromatic rings. The van der Waals surface area contributed by atoms with Crippen molar-refractivity contribution >= 4 is 23.0 Å². The van der Waals surface area contributed by atoms with Gasteiger partial charge in [-0.25, -0.2) is 0 Å². The van der Waals surface area contributed by atoms with Crippen molar-refractivity contribution in [1.29, 1.82) is 0 Å². The summed E-state index contributed by atoms with van der Waals surface area (Å²) in [5.41, 5.74) is 0.737. The maximum atomic E-state index is 12.1. The molecule has 0 saturated carbocycles. The van der Waals surface area contributed by atoms with E-state index in [0.29, 0.717) is 6.42 Å². The molecule has 21 heavy (non-hydrogen) atoms. The molecule has 0 bridgehead atoms. The first-order valence-corrected chi connectivity index (χ1v) is 8.17. The molecule has 1 rings (SSSR count).